The molecule has 1 saturated heterocycles. The van der Waals surface area contributed by atoms with Crippen LogP contribution in [0.1, 0.15) is 84.1 Å². The van der Waals surface area contributed by atoms with E-state index in [1.54, 1.807) is 0 Å². The quantitative estimate of drug-likeness (QED) is 0.411. The number of anilines is 2. The van der Waals surface area contributed by atoms with Crippen LogP contribution in [0.4, 0.5) is 11.8 Å². The Bertz CT molecular complexity index is 867. The fourth-order valence-corrected chi connectivity index (χ4v) is 5.29. The topological polar surface area (TPSA) is 66.0 Å². The molecule has 2 aliphatic rings. The van der Waals surface area contributed by atoms with Crippen LogP contribution in [0.15, 0.2) is 24.5 Å². The lowest BCUT2D eigenvalue weighted by atomic mass is 9.90. The molecular weight excluding hydrogens is 420 g/mol. The maximum atomic E-state index is 4.87. The number of aromatic nitrogens is 3. The van der Waals surface area contributed by atoms with Crippen LogP contribution in [0.25, 0.3) is 11.3 Å². The van der Waals surface area contributed by atoms with Gasteiger partial charge in [0, 0.05) is 31.0 Å². The van der Waals surface area contributed by atoms with Crippen molar-refractivity contribution >= 4 is 11.8 Å². The number of piperidine rings is 1. The van der Waals surface area contributed by atoms with Crippen LogP contribution in [0.3, 0.4) is 0 Å². The van der Waals surface area contributed by atoms with Gasteiger partial charge in [-0.1, -0.05) is 38.7 Å². The lowest BCUT2D eigenvalue weighted by Gasteiger charge is -2.34. The molecule has 0 amide bonds. The summed E-state index contributed by atoms with van der Waals surface area (Å²) in [4.78, 5) is 16.9. The second kappa shape index (κ2) is 12.5. The van der Waals surface area contributed by atoms with Crippen molar-refractivity contribution in [2.75, 3.05) is 30.3 Å². The summed E-state index contributed by atoms with van der Waals surface area (Å²) in [5, 5.41) is 7.12. The molecule has 0 radical (unpaired) electrons. The van der Waals surface area contributed by atoms with Gasteiger partial charge in [-0.25, -0.2) is 4.98 Å². The Hall–Kier alpha value is -2.21. The number of hydrogen-bond acceptors (Lipinski definition) is 6. The van der Waals surface area contributed by atoms with E-state index in [4.69, 9.17) is 9.97 Å². The predicted molar refractivity (Wildman–Crippen MR) is 142 cm³/mol. The molecule has 2 fully saturated rings. The molecule has 4 rings (SSSR count). The first-order valence-electron chi connectivity index (χ1n) is 13.7. The Kier molecular flexibility index (Phi) is 9.14. The largest absolute Gasteiger partial charge is 0.367 e. The number of hydrogen-bond donors (Lipinski definition) is 2. The van der Waals surface area contributed by atoms with Gasteiger partial charge in [0.25, 0.3) is 0 Å². The highest BCUT2D eigenvalue weighted by atomic mass is 15.2. The van der Waals surface area contributed by atoms with Gasteiger partial charge in [0.2, 0.25) is 5.95 Å². The van der Waals surface area contributed by atoms with Gasteiger partial charge in [0.15, 0.2) is 0 Å². The summed E-state index contributed by atoms with van der Waals surface area (Å²) in [6.45, 7) is 10.2. The number of unbranched alkanes of at least 4 members (excludes halogenated alkanes) is 1. The fourth-order valence-electron chi connectivity index (χ4n) is 5.29. The molecule has 3 heterocycles. The number of rotatable bonds is 10. The van der Waals surface area contributed by atoms with Crippen LogP contribution in [0.2, 0.25) is 0 Å². The number of likely N-dealkylation sites (tertiary alicyclic amines) is 1. The Morgan fingerprint density at radius 1 is 1.00 bits per heavy atom. The SMILES string of the molecule is CCCCNc1ncc(-c2ccc(CC3CCN(C(C)C)CC3)cn2)c(NC2CCCCC2)n1. The average molecular weight is 465 g/mol. The van der Waals surface area contributed by atoms with Crippen LogP contribution in [0, 0.1) is 5.92 Å². The highest BCUT2D eigenvalue weighted by molar-refractivity contribution is 5.73. The first-order valence-corrected chi connectivity index (χ1v) is 13.7. The molecule has 1 saturated carbocycles. The lowest BCUT2D eigenvalue weighted by molar-refractivity contribution is 0.149. The molecule has 34 heavy (non-hydrogen) atoms. The van der Waals surface area contributed by atoms with Crippen LogP contribution >= 0.6 is 0 Å². The number of nitrogens with one attached hydrogen (secondary N) is 2. The van der Waals surface area contributed by atoms with Gasteiger partial charge in [0.1, 0.15) is 5.82 Å². The zero-order valence-electron chi connectivity index (χ0n) is 21.5. The van der Waals surface area contributed by atoms with Crippen LogP contribution in [-0.4, -0.2) is 51.6 Å². The lowest BCUT2D eigenvalue weighted by Crippen LogP contribution is -2.38. The molecule has 2 N–H and O–H groups in total. The molecule has 6 nitrogen and oxygen atoms in total. The summed E-state index contributed by atoms with van der Waals surface area (Å²) in [6.07, 6.45) is 16.4. The van der Waals surface area contributed by atoms with E-state index >= 15 is 0 Å². The maximum absolute atomic E-state index is 4.87. The summed E-state index contributed by atoms with van der Waals surface area (Å²) in [6, 6.07) is 5.57. The molecule has 0 unspecified atom stereocenters. The second-order valence-corrected chi connectivity index (χ2v) is 10.5. The molecular formula is C28H44N6. The molecule has 1 aliphatic carbocycles. The normalized spacial score (nSPS) is 18.4. The standard InChI is InChI=1S/C28H44N6/c1-4-5-15-29-28-31-20-25(27(33-28)32-24-9-7-6-8-10-24)26-12-11-23(19-30-26)18-22-13-16-34(17-14-22)21(2)3/h11-12,19-22,24H,4-10,13-18H2,1-3H3,(H2,29,31,32,33). The smallest absolute Gasteiger partial charge is 0.224 e. The Balaban J connectivity index is 1.45. The van der Waals surface area contributed by atoms with Gasteiger partial charge in [-0.15, -0.1) is 0 Å². The van der Waals surface area contributed by atoms with Crippen molar-refractivity contribution in [3.63, 3.8) is 0 Å². The van der Waals surface area contributed by atoms with Crippen molar-refractivity contribution in [3.8, 4) is 11.3 Å². The van der Waals surface area contributed by atoms with Crippen molar-refractivity contribution in [1.29, 1.82) is 0 Å². The van der Waals surface area contributed by atoms with Crippen molar-refractivity contribution in [2.24, 2.45) is 5.92 Å². The highest BCUT2D eigenvalue weighted by Gasteiger charge is 2.22. The summed E-state index contributed by atoms with van der Waals surface area (Å²) in [5.74, 6) is 2.39. The predicted octanol–water partition coefficient (Wildman–Crippen LogP) is 6.16. The Labute approximate surface area is 206 Å². The van der Waals surface area contributed by atoms with Crippen LogP contribution < -0.4 is 10.6 Å². The van der Waals surface area contributed by atoms with Crippen LogP contribution in [-0.2, 0) is 6.42 Å². The fraction of sp³-hybridized carbons (Fsp3) is 0.679. The minimum Gasteiger partial charge on any atom is -0.367 e. The van der Waals surface area contributed by atoms with E-state index in [9.17, 15) is 0 Å². The van der Waals surface area contributed by atoms with Gasteiger partial charge >= 0.3 is 0 Å². The van der Waals surface area contributed by atoms with E-state index in [1.807, 2.05) is 6.20 Å². The molecule has 186 valence electrons. The zero-order valence-corrected chi connectivity index (χ0v) is 21.5. The van der Waals surface area contributed by atoms with E-state index in [-0.39, 0.29) is 0 Å². The first-order chi connectivity index (χ1) is 16.6. The van der Waals surface area contributed by atoms with Gasteiger partial charge in [-0.2, -0.15) is 4.98 Å². The second-order valence-electron chi connectivity index (χ2n) is 10.5. The van der Waals surface area contributed by atoms with Gasteiger partial charge in [0.05, 0.1) is 11.3 Å². The molecule has 0 atom stereocenters. The van der Waals surface area contributed by atoms with E-state index in [2.05, 4.69) is 59.6 Å². The van der Waals surface area contributed by atoms with Crippen molar-refractivity contribution in [3.05, 3.63) is 30.1 Å². The summed E-state index contributed by atoms with van der Waals surface area (Å²) in [7, 11) is 0. The minimum absolute atomic E-state index is 0.488. The van der Waals surface area contributed by atoms with Crippen molar-refractivity contribution in [2.45, 2.75) is 97.1 Å². The molecule has 0 bridgehead atoms. The third kappa shape index (κ3) is 6.91. The minimum atomic E-state index is 0.488. The van der Waals surface area contributed by atoms with Gasteiger partial charge in [-0.3, -0.25) is 4.98 Å². The third-order valence-corrected chi connectivity index (χ3v) is 7.55. The molecule has 2 aromatic rings. The number of nitrogens with zero attached hydrogens (tertiary/aromatic N) is 4. The van der Waals surface area contributed by atoms with E-state index in [0.717, 1.165) is 48.8 Å². The number of pyridine rings is 1. The van der Waals surface area contributed by atoms with Crippen molar-refractivity contribution < 1.29 is 0 Å². The third-order valence-electron chi connectivity index (χ3n) is 7.55. The van der Waals surface area contributed by atoms with E-state index in [0.29, 0.717) is 18.0 Å². The summed E-state index contributed by atoms with van der Waals surface area (Å²) in [5.41, 5.74) is 3.30. The van der Waals surface area contributed by atoms with Gasteiger partial charge in [-0.05, 0) is 83.0 Å². The van der Waals surface area contributed by atoms with Gasteiger partial charge < -0.3 is 15.5 Å². The Morgan fingerprint density at radius 2 is 1.79 bits per heavy atom. The zero-order chi connectivity index (χ0) is 23.8. The summed E-state index contributed by atoms with van der Waals surface area (Å²) >= 11 is 0. The maximum Gasteiger partial charge on any atom is 0.224 e. The monoisotopic (exact) mass is 464 g/mol. The molecule has 0 spiro atoms. The highest BCUT2D eigenvalue weighted by Crippen LogP contribution is 2.29. The average Bonchev–Trinajstić information content (AvgIpc) is 2.86. The van der Waals surface area contributed by atoms with Crippen molar-refractivity contribution in [1.82, 2.24) is 19.9 Å². The molecule has 0 aromatic carbocycles. The molecule has 2 aromatic heterocycles. The van der Waals surface area contributed by atoms with E-state index in [1.165, 1.54) is 63.6 Å². The summed E-state index contributed by atoms with van der Waals surface area (Å²) < 4.78 is 0. The molecule has 6 heteroatoms. The van der Waals surface area contributed by atoms with E-state index < -0.39 is 0 Å². The molecule has 1 aliphatic heterocycles. The first kappa shape index (κ1) is 24.9. The Morgan fingerprint density at radius 3 is 2.47 bits per heavy atom. The van der Waals surface area contributed by atoms with Crippen LogP contribution in [0.5, 0.6) is 0 Å².